The molecule has 4 rings (SSSR count). The van der Waals surface area contributed by atoms with Crippen molar-refractivity contribution >= 4 is 11.0 Å². The predicted octanol–water partition coefficient (Wildman–Crippen LogP) is 3.06. The van der Waals surface area contributed by atoms with Crippen molar-refractivity contribution in [2.75, 3.05) is 0 Å². The number of hydrogen-bond acceptors (Lipinski definition) is 3. The van der Waals surface area contributed by atoms with E-state index in [4.69, 9.17) is 9.15 Å². The zero-order valence-corrected chi connectivity index (χ0v) is 10.5. The number of ether oxygens (including phenoxy) is 1. The Labute approximate surface area is 110 Å². The molecule has 0 bridgehead atoms. The molecule has 1 aliphatic carbocycles. The van der Waals surface area contributed by atoms with Crippen LogP contribution in [0.2, 0.25) is 0 Å². The summed E-state index contributed by atoms with van der Waals surface area (Å²) in [5, 5.41) is 0.898. The van der Waals surface area contributed by atoms with Crippen LogP contribution >= 0.6 is 0 Å². The van der Waals surface area contributed by atoms with Gasteiger partial charge in [-0.2, -0.15) is 0 Å². The van der Waals surface area contributed by atoms with E-state index in [0.29, 0.717) is 17.1 Å². The molecule has 0 N–H and O–H groups in total. The molecular weight excluding hydrogens is 240 g/mol. The fraction of sp³-hybridized carbons (Fsp3) is 0.312. The Hall–Kier alpha value is -2.03. The van der Waals surface area contributed by atoms with Crippen LogP contribution in [0.15, 0.2) is 45.6 Å². The highest BCUT2D eigenvalue weighted by atomic mass is 16.5. The van der Waals surface area contributed by atoms with Crippen molar-refractivity contribution in [1.29, 1.82) is 0 Å². The molecule has 0 radical (unpaired) electrons. The molecule has 1 aromatic heterocycles. The molecule has 1 aromatic carbocycles. The number of hydrogen-bond donors (Lipinski definition) is 0. The van der Waals surface area contributed by atoms with E-state index < -0.39 is 0 Å². The lowest BCUT2D eigenvalue weighted by Crippen LogP contribution is -2.35. The van der Waals surface area contributed by atoms with Crippen molar-refractivity contribution in [3.8, 4) is 5.75 Å². The van der Waals surface area contributed by atoms with Crippen molar-refractivity contribution in [1.82, 2.24) is 0 Å². The summed E-state index contributed by atoms with van der Waals surface area (Å²) in [6.07, 6.45) is 7.30. The second-order valence-corrected chi connectivity index (χ2v) is 5.25. The van der Waals surface area contributed by atoms with Gasteiger partial charge in [-0.1, -0.05) is 18.2 Å². The molecule has 3 heteroatoms. The molecule has 96 valence electrons. The maximum absolute atomic E-state index is 12.1. The van der Waals surface area contributed by atoms with Gasteiger partial charge in [0.05, 0.1) is 10.9 Å². The van der Waals surface area contributed by atoms with Crippen LogP contribution in [0.3, 0.4) is 0 Å². The largest absolute Gasteiger partial charge is 0.485 e. The van der Waals surface area contributed by atoms with E-state index in [1.807, 2.05) is 24.3 Å². The summed E-state index contributed by atoms with van der Waals surface area (Å²) < 4.78 is 11.5. The van der Waals surface area contributed by atoms with Gasteiger partial charge in [0.25, 0.3) is 0 Å². The van der Waals surface area contributed by atoms with E-state index in [0.717, 1.165) is 30.4 Å². The fourth-order valence-corrected chi connectivity index (χ4v) is 3.08. The first-order chi connectivity index (χ1) is 9.33. The Bertz CT molecular complexity index is 726. The summed E-state index contributed by atoms with van der Waals surface area (Å²) in [6.45, 7) is 0. The van der Waals surface area contributed by atoms with E-state index in [1.165, 1.54) is 0 Å². The highest BCUT2D eigenvalue weighted by Gasteiger charge is 2.33. The smallest absolute Gasteiger partial charge is 0.343 e. The predicted molar refractivity (Wildman–Crippen MR) is 72.5 cm³/mol. The van der Waals surface area contributed by atoms with Gasteiger partial charge in [-0.25, -0.2) is 4.79 Å². The molecule has 2 atom stereocenters. The molecule has 2 aliphatic rings. The van der Waals surface area contributed by atoms with Gasteiger partial charge in [0.15, 0.2) is 0 Å². The van der Waals surface area contributed by atoms with Crippen LogP contribution in [0, 0.1) is 5.92 Å². The Morgan fingerprint density at radius 2 is 2.11 bits per heavy atom. The zero-order valence-electron chi connectivity index (χ0n) is 10.5. The van der Waals surface area contributed by atoms with Gasteiger partial charge in [0.2, 0.25) is 0 Å². The lowest BCUT2D eigenvalue weighted by molar-refractivity contribution is 0.142. The van der Waals surface area contributed by atoms with Gasteiger partial charge in [-0.05, 0) is 37.5 Å². The monoisotopic (exact) mass is 254 g/mol. The van der Waals surface area contributed by atoms with Gasteiger partial charge in [-0.3, -0.25) is 0 Å². The minimum atomic E-state index is -0.248. The third-order valence-corrected chi connectivity index (χ3v) is 4.07. The van der Waals surface area contributed by atoms with Crippen LogP contribution in [0.5, 0.6) is 5.75 Å². The van der Waals surface area contributed by atoms with Gasteiger partial charge >= 0.3 is 5.63 Å². The van der Waals surface area contributed by atoms with E-state index in [2.05, 4.69) is 12.2 Å². The summed E-state index contributed by atoms with van der Waals surface area (Å²) in [5.74, 6) is 1.13. The van der Waals surface area contributed by atoms with E-state index in [1.54, 1.807) is 0 Å². The molecular formula is C16H14O3. The number of fused-ring (bicyclic) bond motifs is 4. The molecule has 19 heavy (non-hydrogen) atoms. The van der Waals surface area contributed by atoms with Crippen LogP contribution in [0.4, 0.5) is 0 Å². The summed E-state index contributed by atoms with van der Waals surface area (Å²) in [6, 6.07) is 7.56. The van der Waals surface area contributed by atoms with Crippen molar-refractivity contribution < 1.29 is 9.15 Å². The fourth-order valence-electron chi connectivity index (χ4n) is 3.08. The molecule has 0 unspecified atom stereocenters. The zero-order chi connectivity index (χ0) is 12.8. The van der Waals surface area contributed by atoms with Gasteiger partial charge in [0, 0.05) is 5.92 Å². The Kier molecular flexibility index (Phi) is 2.28. The van der Waals surface area contributed by atoms with Gasteiger partial charge < -0.3 is 9.15 Å². The first-order valence-corrected chi connectivity index (χ1v) is 6.71. The van der Waals surface area contributed by atoms with E-state index in [9.17, 15) is 4.79 Å². The number of para-hydroxylation sites is 1. The minimum absolute atomic E-state index is 0.103. The Morgan fingerprint density at radius 1 is 1.21 bits per heavy atom. The molecule has 0 saturated heterocycles. The number of benzene rings is 1. The second kappa shape index (κ2) is 3.98. The van der Waals surface area contributed by atoms with Crippen molar-refractivity contribution in [2.24, 2.45) is 5.92 Å². The maximum atomic E-state index is 12.1. The highest BCUT2D eigenvalue weighted by molar-refractivity contribution is 5.84. The molecule has 0 saturated carbocycles. The van der Waals surface area contributed by atoms with Crippen molar-refractivity contribution in [3.63, 3.8) is 0 Å². The number of rotatable bonds is 0. The number of allylic oxidation sites excluding steroid dienone is 1. The third-order valence-electron chi connectivity index (χ3n) is 4.07. The normalized spacial score (nSPS) is 24.6. The quantitative estimate of drug-likeness (QED) is 0.536. The molecule has 0 amide bonds. The first kappa shape index (κ1) is 10.9. The molecule has 2 aromatic rings. The Morgan fingerprint density at radius 3 is 3.05 bits per heavy atom. The van der Waals surface area contributed by atoms with Gasteiger partial charge in [-0.15, -0.1) is 0 Å². The summed E-state index contributed by atoms with van der Waals surface area (Å²) in [4.78, 5) is 12.1. The lowest BCUT2D eigenvalue weighted by atomic mass is 9.84. The topological polar surface area (TPSA) is 39.4 Å². The average molecular weight is 254 g/mol. The SMILES string of the molecule is O=c1oc2ccccc2c2c1C[C@@H]1CCC=C[C@@H]1O2. The van der Waals surface area contributed by atoms with Crippen LogP contribution in [-0.4, -0.2) is 6.10 Å². The maximum Gasteiger partial charge on any atom is 0.343 e. The van der Waals surface area contributed by atoms with Crippen molar-refractivity contribution in [2.45, 2.75) is 25.4 Å². The van der Waals surface area contributed by atoms with Crippen LogP contribution in [0.25, 0.3) is 11.0 Å². The average Bonchev–Trinajstić information content (AvgIpc) is 2.46. The molecule has 0 fully saturated rings. The summed E-state index contributed by atoms with van der Waals surface area (Å²) >= 11 is 0. The second-order valence-electron chi connectivity index (χ2n) is 5.25. The van der Waals surface area contributed by atoms with Crippen molar-refractivity contribution in [3.05, 3.63) is 52.4 Å². The highest BCUT2D eigenvalue weighted by Crippen LogP contribution is 2.38. The van der Waals surface area contributed by atoms with Crippen LogP contribution in [0.1, 0.15) is 18.4 Å². The molecule has 0 spiro atoms. The van der Waals surface area contributed by atoms with E-state index >= 15 is 0 Å². The lowest BCUT2D eigenvalue weighted by Gasteiger charge is -2.33. The molecule has 3 nitrogen and oxygen atoms in total. The molecule has 1 aliphatic heterocycles. The minimum Gasteiger partial charge on any atom is -0.485 e. The van der Waals surface area contributed by atoms with Gasteiger partial charge in [0.1, 0.15) is 17.4 Å². The first-order valence-electron chi connectivity index (χ1n) is 6.71. The van der Waals surface area contributed by atoms with Crippen LogP contribution < -0.4 is 10.4 Å². The Balaban J connectivity index is 1.96. The summed E-state index contributed by atoms with van der Waals surface area (Å²) in [5.41, 5.74) is 1.06. The standard InChI is InChI=1S/C16H14O3/c17-16-12-9-10-5-1-3-7-13(10)18-15(12)11-6-2-4-8-14(11)19-16/h2-4,6-8,10,13H,1,5,9H2/t10-,13-/m0/s1. The van der Waals surface area contributed by atoms with Crippen LogP contribution in [-0.2, 0) is 6.42 Å². The molecule has 2 heterocycles. The van der Waals surface area contributed by atoms with E-state index in [-0.39, 0.29) is 11.7 Å². The third kappa shape index (κ3) is 1.61. The summed E-state index contributed by atoms with van der Waals surface area (Å²) in [7, 11) is 0.